The van der Waals surface area contributed by atoms with Crippen LogP contribution < -0.4 is 5.32 Å². The van der Waals surface area contributed by atoms with E-state index >= 15 is 0 Å². The maximum absolute atomic E-state index is 12.8. The Morgan fingerprint density at radius 3 is 2.41 bits per heavy atom. The van der Waals surface area contributed by atoms with Gasteiger partial charge in [-0.25, -0.2) is 4.79 Å². The molecule has 0 radical (unpaired) electrons. The van der Waals surface area contributed by atoms with E-state index in [1.165, 1.54) is 11.1 Å². The van der Waals surface area contributed by atoms with Gasteiger partial charge in [-0.2, -0.15) is 0 Å². The summed E-state index contributed by atoms with van der Waals surface area (Å²) in [5.74, 6) is -1.87. The number of hydrogen-bond acceptors (Lipinski definition) is 5. The number of benzene rings is 2. The molecule has 0 spiro atoms. The van der Waals surface area contributed by atoms with Crippen molar-refractivity contribution in [3.05, 3.63) is 59.7 Å². The highest BCUT2D eigenvalue weighted by Crippen LogP contribution is 2.44. The molecule has 8 heteroatoms. The van der Waals surface area contributed by atoms with Gasteiger partial charge in [-0.15, -0.1) is 0 Å². The van der Waals surface area contributed by atoms with Crippen molar-refractivity contribution in [3.63, 3.8) is 0 Å². The minimum Gasteiger partial charge on any atom is -0.481 e. The van der Waals surface area contributed by atoms with Crippen molar-refractivity contribution >= 4 is 18.0 Å². The molecule has 2 aromatic carbocycles. The molecule has 34 heavy (non-hydrogen) atoms. The first-order valence-electron chi connectivity index (χ1n) is 11.7. The number of carbonyl (C=O) groups is 3. The lowest BCUT2D eigenvalue weighted by Crippen LogP contribution is -2.39. The van der Waals surface area contributed by atoms with E-state index in [-0.39, 0.29) is 43.4 Å². The zero-order valence-corrected chi connectivity index (χ0v) is 18.8. The molecule has 0 aromatic heterocycles. The number of hydrogen-bond donors (Lipinski definition) is 2. The molecule has 2 N–H and O–H groups in total. The molecule has 1 aliphatic heterocycles. The zero-order chi connectivity index (χ0) is 23.7. The van der Waals surface area contributed by atoms with E-state index in [0.29, 0.717) is 26.1 Å². The number of aliphatic carboxylic acids is 1. The maximum Gasteiger partial charge on any atom is 0.407 e. The molecule has 2 aromatic rings. The standard InChI is InChI=1S/C26H28N2O6/c29-24(28-9-10-33-14-17(13-28)25(30)31)22-11-16(22)12-27-26(32)34-15-23-20-7-3-1-5-18(20)19-6-2-4-8-21(19)23/h1-8,16-17,22-23H,9-15H2,(H,27,32)(H,30,31)/t16-,17?,22-/m0/s1. The molecule has 178 valence electrons. The van der Waals surface area contributed by atoms with Crippen molar-refractivity contribution in [1.29, 1.82) is 0 Å². The lowest BCUT2D eigenvalue weighted by atomic mass is 9.98. The van der Waals surface area contributed by atoms with E-state index in [1.807, 2.05) is 24.3 Å². The van der Waals surface area contributed by atoms with Gasteiger partial charge in [0.15, 0.2) is 0 Å². The predicted molar refractivity (Wildman–Crippen MR) is 123 cm³/mol. The predicted octanol–water partition coefficient (Wildman–Crippen LogP) is 2.72. The van der Waals surface area contributed by atoms with E-state index in [0.717, 1.165) is 11.1 Å². The molecule has 1 saturated heterocycles. The van der Waals surface area contributed by atoms with Crippen molar-refractivity contribution in [3.8, 4) is 11.1 Å². The first-order valence-corrected chi connectivity index (χ1v) is 11.7. The third-order valence-electron chi connectivity index (χ3n) is 7.02. The number of amides is 2. The van der Waals surface area contributed by atoms with Crippen LogP contribution in [0, 0.1) is 17.8 Å². The smallest absolute Gasteiger partial charge is 0.407 e. The van der Waals surface area contributed by atoms with Crippen LogP contribution in [0.2, 0.25) is 0 Å². The number of carbonyl (C=O) groups excluding carboxylic acids is 2. The molecule has 2 fully saturated rings. The van der Waals surface area contributed by atoms with Crippen LogP contribution >= 0.6 is 0 Å². The molecule has 3 aliphatic rings. The molecule has 1 heterocycles. The third-order valence-corrected chi connectivity index (χ3v) is 7.02. The van der Waals surface area contributed by atoms with Crippen molar-refractivity contribution in [2.45, 2.75) is 12.3 Å². The van der Waals surface area contributed by atoms with Crippen LogP contribution in [0.1, 0.15) is 23.5 Å². The molecule has 2 aliphatic carbocycles. The fourth-order valence-corrected chi connectivity index (χ4v) is 5.03. The highest BCUT2D eigenvalue weighted by Gasteiger charge is 2.45. The van der Waals surface area contributed by atoms with Gasteiger partial charge < -0.3 is 24.8 Å². The fraction of sp³-hybridized carbons (Fsp3) is 0.423. The van der Waals surface area contributed by atoms with Gasteiger partial charge >= 0.3 is 12.1 Å². The molecular formula is C26H28N2O6. The van der Waals surface area contributed by atoms with Gasteiger partial charge in [0.1, 0.15) is 6.61 Å². The second-order valence-electron chi connectivity index (χ2n) is 9.20. The lowest BCUT2D eigenvalue weighted by Gasteiger charge is -2.22. The van der Waals surface area contributed by atoms with E-state index in [9.17, 15) is 19.5 Å². The van der Waals surface area contributed by atoms with Crippen molar-refractivity contribution in [1.82, 2.24) is 10.2 Å². The quantitative estimate of drug-likeness (QED) is 0.681. The van der Waals surface area contributed by atoms with Gasteiger partial charge in [0.2, 0.25) is 5.91 Å². The van der Waals surface area contributed by atoms with Gasteiger partial charge in [-0.05, 0) is 34.6 Å². The van der Waals surface area contributed by atoms with E-state index in [4.69, 9.17) is 9.47 Å². The molecular weight excluding hydrogens is 436 g/mol. The van der Waals surface area contributed by atoms with Crippen LogP contribution in [0.15, 0.2) is 48.5 Å². The van der Waals surface area contributed by atoms with Crippen LogP contribution in [-0.2, 0) is 19.1 Å². The first kappa shape index (κ1) is 22.4. The Balaban J connectivity index is 1.11. The highest BCUT2D eigenvalue weighted by atomic mass is 16.5. The summed E-state index contributed by atoms with van der Waals surface area (Å²) in [4.78, 5) is 38.1. The van der Waals surface area contributed by atoms with Gasteiger partial charge in [-0.1, -0.05) is 48.5 Å². The number of nitrogens with one attached hydrogen (secondary N) is 1. The second kappa shape index (κ2) is 9.46. The van der Waals surface area contributed by atoms with Crippen molar-refractivity contribution in [2.75, 3.05) is 39.5 Å². The molecule has 3 atom stereocenters. The normalized spacial score (nSPS) is 23.4. The maximum atomic E-state index is 12.8. The van der Waals surface area contributed by atoms with Crippen LogP contribution in [0.25, 0.3) is 11.1 Å². The first-order chi connectivity index (χ1) is 16.5. The largest absolute Gasteiger partial charge is 0.481 e. The highest BCUT2D eigenvalue weighted by molar-refractivity contribution is 5.83. The molecule has 8 nitrogen and oxygen atoms in total. The zero-order valence-electron chi connectivity index (χ0n) is 18.8. The third kappa shape index (κ3) is 4.50. The molecule has 1 saturated carbocycles. The minimum atomic E-state index is -0.955. The Kier molecular flexibility index (Phi) is 6.24. The number of carboxylic acid groups (broad SMARTS) is 1. The molecule has 0 bridgehead atoms. The van der Waals surface area contributed by atoms with Crippen LogP contribution in [0.3, 0.4) is 0 Å². The van der Waals surface area contributed by atoms with E-state index in [2.05, 4.69) is 29.6 Å². The monoisotopic (exact) mass is 464 g/mol. The van der Waals surface area contributed by atoms with Crippen molar-refractivity contribution < 1.29 is 29.0 Å². The van der Waals surface area contributed by atoms with E-state index in [1.54, 1.807) is 4.90 Å². The summed E-state index contributed by atoms with van der Waals surface area (Å²) in [7, 11) is 0. The number of carboxylic acids is 1. The lowest BCUT2D eigenvalue weighted by molar-refractivity contribution is -0.144. The Hall–Kier alpha value is -3.39. The van der Waals surface area contributed by atoms with E-state index < -0.39 is 18.0 Å². The molecule has 5 rings (SSSR count). The summed E-state index contributed by atoms with van der Waals surface area (Å²) in [5, 5.41) is 12.1. The van der Waals surface area contributed by atoms with Gasteiger partial charge in [0, 0.05) is 31.5 Å². The molecule has 2 amide bonds. The Morgan fingerprint density at radius 2 is 1.74 bits per heavy atom. The van der Waals surface area contributed by atoms with Crippen LogP contribution in [0.4, 0.5) is 4.79 Å². The fourth-order valence-electron chi connectivity index (χ4n) is 5.03. The van der Waals surface area contributed by atoms with Crippen LogP contribution in [-0.4, -0.2) is 67.4 Å². The SMILES string of the molecule is O=C(NC[C@@H]1C[C@@H]1C(=O)N1CCOCC(C(=O)O)C1)OCC1c2ccccc2-c2ccccc21. The van der Waals surface area contributed by atoms with Gasteiger partial charge in [-0.3, -0.25) is 9.59 Å². The number of alkyl carbamates (subject to hydrolysis) is 1. The summed E-state index contributed by atoms with van der Waals surface area (Å²) in [6, 6.07) is 16.4. The number of rotatable bonds is 6. The Morgan fingerprint density at radius 1 is 1.06 bits per heavy atom. The van der Waals surface area contributed by atoms with Crippen LogP contribution in [0.5, 0.6) is 0 Å². The Bertz CT molecular complexity index is 1060. The number of nitrogens with zero attached hydrogens (tertiary/aromatic N) is 1. The minimum absolute atomic E-state index is 0.000776. The average molecular weight is 465 g/mol. The number of fused-ring (bicyclic) bond motifs is 3. The summed E-state index contributed by atoms with van der Waals surface area (Å²) in [5.41, 5.74) is 4.67. The van der Waals surface area contributed by atoms with Gasteiger partial charge in [0.25, 0.3) is 0 Å². The Labute approximate surface area is 197 Å². The van der Waals surface area contributed by atoms with Crippen molar-refractivity contribution in [2.24, 2.45) is 17.8 Å². The number of ether oxygens (including phenoxy) is 2. The summed E-state index contributed by atoms with van der Waals surface area (Å²) >= 11 is 0. The topological polar surface area (TPSA) is 105 Å². The summed E-state index contributed by atoms with van der Waals surface area (Å²) in [6.45, 7) is 1.63. The summed E-state index contributed by atoms with van der Waals surface area (Å²) in [6.07, 6.45) is 0.187. The molecule has 1 unspecified atom stereocenters. The second-order valence-corrected chi connectivity index (χ2v) is 9.20. The summed E-state index contributed by atoms with van der Waals surface area (Å²) < 4.78 is 10.9. The average Bonchev–Trinajstić information content (AvgIpc) is 3.61. The van der Waals surface area contributed by atoms with Gasteiger partial charge in [0.05, 0.1) is 19.1 Å².